The fourth-order valence-electron chi connectivity index (χ4n) is 4.16. The van der Waals surface area contributed by atoms with Crippen LogP contribution in [0.3, 0.4) is 0 Å². The van der Waals surface area contributed by atoms with E-state index >= 15 is 0 Å². The van der Waals surface area contributed by atoms with Crippen LogP contribution in [0.4, 0.5) is 20.2 Å². The number of halogens is 2. The molecule has 0 saturated carbocycles. The third kappa shape index (κ3) is 3.63. The summed E-state index contributed by atoms with van der Waals surface area (Å²) in [5.41, 5.74) is 14.6. The number of thiophene rings is 1. The van der Waals surface area contributed by atoms with Gasteiger partial charge in [-0.05, 0) is 37.1 Å². The highest BCUT2D eigenvalue weighted by Crippen LogP contribution is 2.35. The van der Waals surface area contributed by atoms with Crippen LogP contribution in [0.25, 0.3) is 10.2 Å². The normalized spacial score (nSPS) is 21.9. The van der Waals surface area contributed by atoms with Crippen LogP contribution < -0.4 is 26.4 Å². The summed E-state index contributed by atoms with van der Waals surface area (Å²) < 4.78 is 33.4. The van der Waals surface area contributed by atoms with E-state index in [0.29, 0.717) is 28.4 Å². The van der Waals surface area contributed by atoms with Crippen LogP contribution in [0, 0.1) is 6.92 Å². The first-order valence-corrected chi connectivity index (χ1v) is 11.1. The number of pyridine rings is 1. The highest BCUT2D eigenvalue weighted by molar-refractivity contribution is 7.21. The number of ether oxygens (including phenoxy) is 1. The maximum atomic E-state index is 13.8. The molecule has 2 aliphatic rings. The van der Waals surface area contributed by atoms with Gasteiger partial charge >= 0.3 is 0 Å². The van der Waals surface area contributed by atoms with Crippen molar-refractivity contribution >= 4 is 38.8 Å². The molecule has 4 heterocycles. The van der Waals surface area contributed by atoms with Crippen molar-refractivity contribution in [3.63, 3.8) is 0 Å². The number of carbonyl (C=O) groups excluding carboxylic acids is 1. The SMILES string of the molecule is Cc1ccc2c(N)c(C(=O)N[C@H]3COc4cc(N5C[C@@H](N)C(F)(F)C5)ccc4C3)sc2n1. The van der Waals surface area contributed by atoms with Gasteiger partial charge in [-0.2, -0.15) is 0 Å². The van der Waals surface area contributed by atoms with Crippen molar-refractivity contribution in [1.82, 2.24) is 10.3 Å². The van der Waals surface area contributed by atoms with E-state index in [4.69, 9.17) is 16.2 Å². The molecule has 0 unspecified atom stereocenters. The Labute approximate surface area is 187 Å². The molecule has 1 fully saturated rings. The molecule has 168 valence electrons. The van der Waals surface area contributed by atoms with Crippen molar-refractivity contribution < 1.29 is 18.3 Å². The number of nitrogens with two attached hydrogens (primary N) is 2. The summed E-state index contributed by atoms with van der Waals surface area (Å²) in [6.45, 7) is 1.85. The summed E-state index contributed by atoms with van der Waals surface area (Å²) >= 11 is 1.27. The second-order valence-electron chi connectivity index (χ2n) is 8.38. The summed E-state index contributed by atoms with van der Waals surface area (Å²) in [6, 6.07) is 7.73. The number of carbonyl (C=O) groups is 1. The average molecular weight is 460 g/mol. The van der Waals surface area contributed by atoms with Gasteiger partial charge in [0.2, 0.25) is 0 Å². The number of benzene rings is 1. The third-order valence-electron chi connectivity index (χ3n) is 5.96. The number of rotatable bonds is 3. The van der Waals surface area contributed by atoms with E-state index in [1.807, 2.05) is 25.1 Å². The Balaban J connectivity index is 1.29. The van der Waals surface area contributed by atoms with Gasteiger partial charge in [-0.15, -0.1) is 11.3 Å². The molecule has 5 N–H and O–H groups in total. The Bertz CT molecular complexity index is 1210. The molecule has 1 saturated heterocycles. The Hall–Kier alpha value is -2.98. The molecule has 1 amide bonds. The molecule has 0 bridgehead atoms. The van der Waals surface area contributed by atoms with Gasteiger partial charge in [0.25, 0.3) is 11.8 Å². The van der Waals surface area contributed by atoms with Crippen molar-refractivity contribution in [2.24, 2.45) is 5.73 Å². The summed E-state index contributed by atoms with van der Waals surface area (Å²) in [5, 5.41) is 3.77. The summed E-state index contributed by atoms with van der Waals surface area (Å²) in [4.78, 5) is 20.1. The molecule has 2 atom stereocenters. The van der Waals surface area contributed by atoms with Gasteiger partial charge in [0, 0.05) is 29.4 Å². The molecular weight excluding hydrogens is 436 g/mol. The molecule has 7 nitrogen and oxygen atoms in total. The minimum absolute atomic E-state index is 0.0927. The zero-order chi connectivity index (χ0) is 22.6. The Morgan fingerprint density at radius 2 is 2.16 bits per heavy atom. The van der Waals surface area contributed by atoms with Crippen molar-refractivity contribution in [2.75, 3.05) is 30.3 Å². The predicted octanol–water partition coefficient (Wildman–Crippen LogP) is 2.70. The lowest BCUT2D eigenvalue weighted by atomic mass is 10.0. The first-order valence-electron chi connectivity index (χ1n) is 10.3. The molecule has 3 aromatic rings. The van der Waals surface area contributed by atoms with Gasteiger partial charge in [0.05, 0.1) is 24.3 Å². The smallest absolute Gasteiger partial charge is 0.281 e. The van der Waals surface area contributed by atoms with Gasteiger partial charge < -0.3 is 26.4 Å². The molecule has 32 heavy (non-hydrogen) atoms. The van der Waals surface area contributed by atoms with E-state index in [9.17, 15) is 13.6 Å². The number of hydrogen-bond acceptors (Lipinski definition) is 7. The molecule has 1 aromatic carbocycles. The van der Waals surface area contributed by atoms with Gasteiger partial charge in [-0.1, -0.05) is 6.07 Å². The summed E-state index contributed by atoms with van der Waals surface area (Å²) in [5.74, 6) is -2.53. The highest BCUT2D eigenvalue weighted by Gasteiger charge is 2.46. The predicted molar refractivity (Wildman–Crippen MR) is 121 cm³/mol. The zero-order valence-electron chi connectivity index (χ0n) is 17.4. The molecule has 0 spiro atoms. The quantitative estimate of drug-likeness (QED) is 0.556. The lowest BCUT2D eigenvalue weighted by molar-refractivity contribution is 0.00965. The molecule has 2 aromatic heterocycles. The fourth-order valence-corrected chi connectivity index (χ4v) is 5.21. The fraction of sp³-hybridized carbons (Fsp3) is 0.364. The summed E-state index contributed by atoms with van der Waals surface area (Å²) in [7, 11) is 0. The van der Waals surface area contributed by atoms with Crippen molar-refractivity contribution in [3.05, 3.63) is 46.5 Å². The number of aryl methyl sites for hydroxylation is 1. The number of amides is 1. The number of nitrogen functional groups attached to an aromatic ring is 1. The van der Waals surface area contributed by atoms with Crippen molar-refractivity contribution in [3.8, 4) is 5.75 Å². The van der Waals surface area contributed by atoms with E-state index in [-0.39, 0.29) is 25.1 Å². The minimum atomic E-state index is -2.91. The third-order valence-corrected chi connectivity index (χ3v) is 7.07. The topological polar surface area (TPSA) is 106 Å². The lowest BCUT2D eigenvalue weighted by Gasteiger charge is -2.27. The largest absolute Gasteiger partial charge is 0.491 e. The van der Waals surface area contributed by atoms with Crippen LogP contribution in [0.1, 0.15) is 20.9 Å². The minimum Gasteiger partial charge on any atom is -0.491 e. The maximum absolute atomic E-state index is 13.8. The summed E-state index contributed by atoms with van der Waals surface area (Å²) in [6.07, 6.45) is 0.569. The number of aromatic nitrogens is 1. The molecular formula is C22H23F2N5O2S. The molecule has 0 aliphatic carbocycles. The van der Waals surface area contributed by atoms with Crippen LogP contribution in [-0.2, 0) is 6.42 Å². The number of anilines is 2. The van der Waals surface area contributed by atoms with E-state index in [2.05, 4.69) is 10.3 Å². The maximum Gasteiger partial charge on any atom is 0.281 e. The van der Waals surface area contributed by atoms with Gasteiger partial charge in [0.15, 0.2) is 0 Å². The van der Waals surface area contributed by atoms with E-state index in [0.717, 1.165) is 21.5 Å². The number of hydrogen-bond donors (Lipinski definition) is 3. The molecule has 10 heteroatoms. The lowest BCUT2D eigenvalue weighted by Crippen LogP contribution is -2.42. The Morgan fingerprint density at radius 1 is 1.34 bits per heavy atom. The Morgan fingerprint density at radius 3 is 2.91 bits per heavy atom. The number of alkyl halides is 2. The first-order chi connectivity index (χ1) is 15.2. The van der Waals surface area contributed by atoms with E-state index in [1.165, 1.54) is 11.3 Å². The monoisotopic (exact) mass is 459 g/mol. The van der Waals surface area contributed by atoms with E-state index in [1.54, 1.807) is 17.0 Å². The molecule has 5 rings (SSSR count). The first kappa shape index (κ1) is 20.9. The van der Waals surface area contributed by atoms with Crippen LogP contribution in [0.5, 0.6) is 5.75 Å². The van der Waals surface area contributed by atoms with E-state index < -0.39 is 18.5 Å². The number of nitrogens with one attached hydrogen (secondary N) is 1. The zero-order valence-corrected chi connectivity index (χ0v) is 18.2. The standard InChI is InChI=1S/C22H23F2N5O2S/c1-11-2-5-15-18(26)19(32-21(15)27-11)20(30)28-13-6-12-3-4-14(7-16(12)31-9-13)29-8-17(25)22(23,24)10-29/h2-5,7,13,17H,6,8-10,25-26H2,1H3,(H,28,30)/t13-,17-/m1/s1. The average Bonchev–Trinajstić information content (AvgIpc) is 3.22. The second-order valence-corrected chi connectivity index (χ2v) is 9.37. The van der Waals surface area contributed by atoms with Gasteiger partial charge in [-0.25, -0.2) is 13.8 Å². The van der Waals surface area contributed by atoms with Crippen LogP contribution in [0.15, 0.2) is 30.3 Å². The van der Waals surface area contributed by atoms with Crippen molar-refractivity contribution in [1.29, 1.82) is 0 Å². The molecule has 2 aliphatic heterocycles. The number of fused-ring (bicyclic) bond motifs is 2. The highest BCUT2D eigenvalue weighted by atomic mass is 32.1. The Kier molecular flexibility index (Phi) is 4.94. The van der Waals surface area contributed by atoms with Crippen molar-refractivity contribution in [2.45, 2.75) is 31.4 Å². The van der Waals surface area contributed by atoms with Crippen LogP contribution in [0.2, 0.25) is 0 Å². The van der Waals surface area contributed by atoms with Crippen LogP contribution in [-0.4, -0.2) is 48.6 Å². The number of nitrogens with zero attached hydrogens (tertiary/aromatic N) is 2. The molecule has 0 radical (unpaired) electrons. The van der Waals surface area contributed by atoms with Gasteiger partial charge in [0.1, 0.15) is 22.1 Å². The second kappa shape index (κ2) is 7.56. The van der Waals surface area contributed by atoms with Crippen LogP contribution >= 0.6 is 11.3 Å². The van der Waals surface area contributed by atoms with Gasteiger partial charge in [-0.3, -0.25) is 4.79 Å².